The number of ether oxygens (including phenoxy) is 2. The average Bonchev–Trinajstić information content (AvgIpc) is 2.56. The van der Waals surface area contributed by atoms with Crippen molar-refractivity contribution < 1.29 is 9.47 Å². The zero-order valence-corrected chi connectivity index (χ0v) is 8.61. The summed E-state index contributed by atoms with van der Waals surface area (Å²) in [6, 6.07) is 7.67. The third-order valence-electron chi connectivity index (χ3n) is 2.35. The van der Waals surface area contributed by atoms with Gasteiger partial charge < -0.3 is 9.47 Å². The largest absolute Gasteiger partial charge is 0.448 e. The second-order valence-corrected chi connectivity index (χ2v) is 3.55. The summed E-state index contributed by atoms with van der Waals surface area (Å²) < 4.78 is 11.6. The summed E-state index contributed by atoms with van der Waals surface area (Å²) in [5.74, 6) is 0.954. The Morgan fingerprint density at radius 2 is 1.47 bits per heavy atom. The van der Waals surface area contributed by atoms with Gasteiger partial charge in [-0.1, -0.05) is 24.3 Å². The molecule has 1 heterocycles. The van der Waals surface area contributed by atoms with Crippen LogP contribution in [0.5, 0.6) is 11.5 Å². The first-order valence-electron chi connectivity index (χ1n) is 4.98. The van der Waals surface area contributed by atoms with Gasteiger partial charge in [-0.15, -0.1) is 13.2 Å². The second-order valence-electron chi connectivity index (χ2n) is 3.55. The minimum Gasteiger partial charge on any atom is -0.448 e. The Bertz CT molecular complexity index is 345. The van der Waals surface area contributed by atoms with E-state index in [-0.39, 0.29) is 0 Å². The zero-order valence-electron chi connectivity index (χ0n) is 8.61. The van der Waals surface area contributed by atoms with Gasteiger partial charge in [-0.2, -0.15) is 0 Å². The predicted molar refractivity (Wildman–Crippen MR) is 60.1 cm³/mol. The molecular formula is C13H14O2. The van der Waals surface area contributed by atoms with Crippen molar-refractivity contribution in [2.45, 2.75) is 18.6 Å². The third kappa shape index (κ3) is 1.75. The lowest BCUT2D eigenvalue weighted by Gasteiger charge is -2.25. The van der Waals surface area contributed by atoms with E-state index in [1.807, 2.05) is 24.3 Å². The van der Waals surface area contributed by atoms with E-state index >= 15 is 0 Å². The van der Waals surface area contributed by atoms with Crippen molar-refractivity contribution in [2.75, 3.05) is 0 Å². The van der Waals surface area contributed by atoms with Gasteiger partial charge in [0.25, 0.3) is 5.79 Å². The molecule has 0 N–H and O–H groups in total. The normalized spacial score (nSPS) is 16.0. The van der Waals surface area contributed by atoms with E-state index in [2.05, 4.69) is 13.2 Å². The second kappa shape index (κ2) is 3.81. The smallest absolute Gasteiger partial charge is 0.258 e. The van der Waals surface area contributed by atoms with Crippen molar-refractivity contribution in [1.29, 1.82) is 0 Å². The Morgan fingerprint density at radius 1 is 1.00 bits per heavy atom. The highest BCUT2D eigenvalue weighted by molar-refractivity contribution is 5.43. The number of para-hydroxylation sites is 2. The maximum absolute atomic E-state index is 5.81. The fourth-order valence-electron chi connectivity index (χ4n) is 1.73. The first-order valence-corrected chi connectivity index (χ1v) is 4.98. The molecule has 78 valence electrons. The lowest BCUT2D eigenvalue weighted by Crippen LogP contribution is -2.37. The fourth-order valence-corrected chi connectivity index (χ4v) is 1.73. The Kier molecular flexibility index (Phi) is 2.50. The van der Waals surface area contributed by atoms with E-state index in [0.29, 0.717) is 12.8 Å². The van der Waals surface area contributed by atoms with Crippen molar-refractivity contribution in [3.8, 4) is 11.5 Å². The molecule has 1 aromatic rings. The van der Waals surface area contributed by atoms with E-state index in [1.165, 1.54) is 0 Å². The Hall–Kier alpha value is -1.70. The number of hydrogen-bond acceptors (Lipinski definition) is 2. The van der Waals surface area contributed by atoms with Crippen LogP contribution in [-0.2, 0) is 0 Å². The molecule has 0 amide bonds. The van der Waals surface area contributed by atoms with E-state index in [4.69, 9.17) is 9.47 Å². The molecule has 2 heteroatoms. The van der Waals surface area contributed by atoms with Crippen LogP contribution in [0.2, 0.25) is 0 Å². The maximum atomic E-state index is 5.81. The molecule has 0 fully saturated rings. The summed E-state index contributed by atoms with van der Waals surface area (Å²) in [4.78, 5) is 0. The van der Waals surface area contributed by atoms with Crippen LogP contribution in [0.1, 0.15) is 12.8 Å². The van der Waals surface area contributed by atoms with Crippen LogP contribution in [-0.4, -0.2) is 5.79 Å². The van der Waals surface area contributed by atoms with Gasteiger partial charge in [-0.05, 0) is 12.1 Å². The van der Waals surface area contributed by atoms with E-state index in [1.54, 1.807) is 12.2 Å². The highest BCUT2D eigenvalue weighted by atomic mass is 16.7. The summed E-state index contributed by atoms with van der Waals surface area (Å²) >= 11 is 0. The average molecular weight is 202 g/mol. The molecule has 1 aliphatic heterocycles. The third-order valence-corrected chi connectivity index (χ3v) is 2.35. The van der Waals surface area contributed by atoms with Crippen LogP contribution in [0, 0.1) is 0 Å². The molecule has 1 aliphatic rings. The first kappa shape index (κ1) is 9.84. The zero-order chi connectivity index (χ0) is 10.7. The molecule has 0 unspecified atom stereocenters. The van der Waals surface area contributed by atoms with Crippen LogP contribution in [0.25, 0.3) is 0 Å². The molecule has 15 heavy (non-hydrogen) atoms. The SMILES string of the molecule is C=CCC1(CC=C)Oc2ccccc2O1. The maximum Gasteiger partial charge on any atom is 0.258 e. The molecule has 0 spiro atoms. The number of fused-ring (bicyclic) bond motifs is 1. The monoisotopic (exact) mass is 202 g/mol. The molecular weight excluding hydrogens is 188 g/mol. The van der Waals surface area contributed by atoms with E-state index < -0.39 is 5.79 Å². The van der Waals surface area contributed by atoms with Gasteiger partial charge in [-0.25, -0.2) is 0 Å². The van der Waals surface area contributed by atoms with Crippen LogP contribution in [0.3, 0.4) is 0 Å². The highest BCUT2D eigenvalue weighted by Crippen LogP contribution is 2.42. The van der Waals surface area contributed by atoms with Crippen LogP contribution in [0.15, 0.2) is 49.6 Å². The minimum absolute atomic E-state index is 0.632. The van der Waals surface area contributed by atoms with Gasteiger partial charge in [0, 0.05) is 12.8 Å². The van der Waals surface area contributed by atoms with E-state index in [9.17, 15) is 0 Å². The van der Waals surface area contributed by atoms with Gasteiger partial charge in [0.2, 0.25) is 0 Å². The van der Waals surface area contributed by atoms with Crippen LogP contribution in [0.4, 0.5) is 0 Å². The van der Waals surface area contributed by atoms with Gasteiger partial charge >= 0.3 is 0 Å². The molecule has 0 aliphatic carbocycles. The summed E-state index contributed by atoms with van der Waals surface area (Å²) in [5, 5.41) is 0. The summed E-state index contributed by atoms with van der Waals surface area (Å²) in [6.45, 7) is 7.44. The van der Waals surface area contributed by atoms with Crippen molar-refractivity contribution in [3.05, 3.63) is 49.6 Å². The van der Waals surface area contributed by atoms with Crippen molar-refractivity contribution in [3.63, 3.8) is 0 Å². The lowest BCUT2D eigenvalue weighted by molar-refractivity contribution is -0.0727. The summed E-state index contributed by atoms with van der Waals surface area (Å²) in [7, 11) is 0. The molecule has 0 saturated carbocycles. The molecule has 0 aromatic heterocycles. The number of hydrogen-bond donors (Lipinski definition) is 0. The molecule has 0 radical (unpaired) electrons. The Balaban J connectivity index is 2.27. The first-order chi connectivity index (χ1) is 7.29. The van der Waals surface area contributed by atoms with E-state index in [0.717, 1.165) is 11.5 Å². The van der Waals surface area contributed by atoms with Crippen molar-refractivity contribution >= 4 is 0 Å². The van der Waals surface area contributed by atoms with Crippen molar-refractivity contribution in [1.82, 2.24) is 0 Å². The summed E-state index contributed by atoms with van der Waals surface area (Å²) in [5.41, 5.74) is 0. The molecule has 0 bridgehead atoms. The molecule has 2 rings (SSSR count). The number of benzene rings is 1. The van der Waals surface area contributed by atoms with Gasteiger partial charge in [-0.3, -0.25) is 0 Å². The van der Waals surface area contributed by atoms with Crippen LogP contribution >= 0.6 is 0 Å². The van der Waals surface area contributed by atoms with Gasteiger partial charge in [0.1, 0.15) is 0 Å². The quantitative estimate of drug-likeness (QED) is 0.697. The standard InChI is InChI=1S/C13H14O2/c1-3-9-13(10-4-2)14-11-7-5-6-8-12(11)15-13/h3-8H,1-2,9-10H2. The Labute approximate surface area is 89.8 Å². The fraction of sp³-hybridized carbons (Fsp3) is 0.231. The lowest BCUT2D eigenvalue weighted by atomic mass is 10.1. The molecule has 0 atom stereocenters. The minimum atomic E-state index is -0.632. The number of rotatable bonds is 4. The molecule has 0 saturated heterocycles. The van der Waals surface area contributed by atoms with Gasteiger partial charge in [0.15, 0.2) is 11.5 Å². The topological polar surface area (TPSA) is 18.5 Å². The van der Waals surface area contributed by atoms with Crippen LogP contribution < -0.4 is 9.47 Å². The molecule has 1 aromatic carbocycles. The van der Waals surface area contributed by atoms with Crippen molar-refractivity contribution in [2.24, 2.45) is 0 Å². The van der Waals surface area contributed by atoms with Gasteiger partial charge in [0.05, 0.1) is 0 Å². The highest BCUT2D eigenvalue weighted by Gasteiger charge is 2.38. The predicted octanol–water partition coefficient (Wildman–Crippen LogP) is 3.31. The Morgan fingerprint density at radius 3 is 1.87 bits per heavy atom. The summed E-state index contributed by atoms with van der Waals surface area (Å²) in [6.07, 6.45) is 4.90. The molecule has 2 nitrogen and oxygen atoms in total.